The summed E-state index contributed by atoms with van der Waals surface area (Å²) in [5.74, 6) is -1.76. The van der Waals surface area contributed by atoms with Gasteiger partial charge in [0, 0.05) is 25.6 Å². The summed E-state index contributed by atoms with van der Waals surface area (Å²) in [5.41, 5.74) is -0.331. The van der Waals surface area contributed by atoms with E-state index in [0.717, 1.165) is 5.56 Å². The maximum Gasteiger partial charge on any atom is 0.451 e. The zero-order valence-corrected chi connectivity index (χ0v) is 17.1. The van der Waals surface area contributed by atoms with Crippen LogP contribution in [0.15, 0.2) is 30.3 Å². The van der Waals surface area contributed by atoms with Crippen LogP contribution in [0.25, 0.3) is 0 Å². The predicted octanol–water partition coefficient (Wildman–Crippen LogP) is 0.0318. The minimum absolute atomic E-state index is 0. The maximum atomic E-state index is 12.3. The highest BCUT2D eigenvalue weighted by Gasteiger charge is 2.50. The van der Waals surface area contributed by atoms with Crippen LogP contribution in [-0.2, 0) is 16.1 Å². The molecular weight excluding hydrogens is 408 g/mol. The third-order valence-electron chi connectivity index (χ3n) is 4.71. The lowest BCUT2D eigenvalue weighted by Crippen LogP contribution is -2.61. The van der Waals surface area contributed by atoms with Crippen LogP contribution < -0.4 is 16.0 Å². The van der Waals surface area contributed by atoms with Gasteiger partial charge >= 0.3 is 13.1 Å². The molecule has 2 rings (SSSR count). The summed E-state index contributed by atoms with van der Waals surface area (Å²) < 4.78 is 0. The van der Waals surface area contributed by atoms with Gasteiger partial charge in [-0.3, -0.25) is 4.79 Å². The average molecular weight is 436 g/mol. The number of hydrogen-bond acceptors (Lipinski definition) is 6. The fraction of sp³-hybridized carbons (Fsp3) is 0.529. The van der Waals surface area contributed by atoms with Crippen molar-refractivity contribution in [2.75, 3.05) is 19.6 Å². The van der Waals surface area contributed by atoms with Crippen LogP contribution in [-0.4, -0.2) is 59.3 Å². The minimum Gasteiger partial charge on any atom is -0.479 e. The SMILES string of the molecule is Cl.Cl.O=C(CNCc1ccccc1)N[C@@]1(C(=O)O)CNC[C@@H]1CCCB(O)O. The first-order valence-corrected chi connectivity index (χ1v) is 8.80. The van der Waals surface area contributed by atoms with Gasteiger partial charge in [-0.05, 0) is 18.3 Å². The van der Waals surface area contributed by atoms with Crippen molar-refractivity contribution >= 4 is 43.8 Å². The molecule has 1 fully saturated rings. The zero-order valence-electron chi connectivity index (χ0n) is 15.5. The van der Waals surface area contributed by atoms with Crippen molar-refractivity contribution in [1.82, 2.24) is 16.0 Å². The van der Waals surface area contributed by atoms with E-state index >= 15 is 0 Å². The normalized spacial score (nSPS) is 20.6. The van der Waals surface area contributed by atoms with Gasteiger partial charge in [-0.2, -0.15) is 0 Å². The third-order valence-corrected chi connectivity index (χ3v) is 4.71. The van der Waals surface area contributed by atoms with Gasteiger partial charge in [0.25, 0.3) is 0 Å². The quantitative estimate of drug-likeness (QED) is 0.286. The number of carbonyl (C=O) groups excluding carboxylic acids is 1. The number of benzene rings is 1. The minimum atomic E-state index is -1.40. The second kappa shape index (κ2) is 13.0. The summed E-state index contributed by atoms with van der Waals surface area (Å²) >= 11 is 0. The lowest BCUT2D eigenvalue weighted by Gasteiger charge is -2.31. The smallest absolute Gasteiger partial charge is 0.451 e. The predicted molar refractivity (Wildman–Crippen MR) is 112 cm³/mol. The van der Waals surface area contributed by atoms with E-state index < -0.39 is 18.6 Å². The maximum absolute atomic E-state index is 12.3. The monoisotopic (exact) mass is 435 g/mol. The molecule has 0 saturated carbocycles. The van der Waals surface area contributed by atoms with Crippen molar-refractivity contribution in [3.05, 3.63) is 35.9 Å². The molecular formula is C17H28BCl2N3O5. The fourth-order valence-electron chi connectivity index (χ4n) is 3.32. The van der Waals surface area contributed by atoms with E-state index in [9.17, 15) is 14.7 Å². The topological polar surface area (TPSA) is 131 Å². The van der Waals surface area contributed by atoms with Gasteiger partial charge in [-0.1, -0.05) is 36.8 Å². The Morgan fingerprint density at radius 2 is 1.89 bits per heavy atom. The van der Waals surface area contributed by atoms with E-state index in [0.29, 0.717) is 25.9 Å². The number of halogens is 2. The van der Waals surface area contributed by atoms with Crippen molar-refractivity contribution in [1.29, 1.82) is 0 Å². The molecule has 11 heteroatoms. The molecule has 0 aromatic heterocycles. The number of carboxylic acid groups (broad SMARTS) is 1. The molecule has 1 aromatic rings. The molecule has 1 heterocycles. The molecule has 1 aliphatic heterocycles. The van der Waals surface area contributed by atoms with Gasteiger partial charge < -0.3 is 31.1 Å². The van der Waals surface area contributed by atoms with Crippen molar-refractivity contribution in [3.8, 4) is 0 Å². The first-order chi connectivity index (χ1) is 12.4. The van der Waals surface area contributed by atoms with Crippen LogP contribution in [0.1, 0.15) is 18.4 Å². The lowest BCUT2D eigenvalue weighted by atomic mass is 9.78. The largest absolute Gasteiger partial charge is 0.479 e. The Bertz CT molecular complexity index is 612. The number of aliphatic carboxylic acids is 1. The molecule has 6 N–H and O–H groups in total. The standard InChI is InChI=1S/C17H26BN3O5.2ClH/c22-15(11-19-9-13-5-2-1-3-6-13)21-17(16(23)24)12-20-10-14(17)7-4-8-18(25)26;;/h1-3,5-6,14,19-20,25-26H,4,7-12H2,(H,21,22)(H,23,24);2*1H/t14-,17-;;/m0../s1. The molecule has 1 aromatic carbocycles. The molecule has 0 radical (unpaired) electrons. The van der Waals surface area contributed by atoms with E-state index in [2.05, 4.69) is 16.0 Å². The Kier molecular flexibility index (Phi) is 12.3. The lowest BCUT2D eigenvalue weighted by molar-refractivity contribution is -0.148. The summed E-state index contributed by atoms with van der Waals surface area (Å²) in [5, 5.41) is 36.3. The van der Waals surface area contributed by atoms with Gasteiger partial charge in [-0.15, -0.1) is 24.8 Å². The first-order valence-electron chi connectivity index (χ1n) is 8.80. The average Bonchev–Trinajstić information content (AvgIpc) is 2.99. The molecule has 8 nitrogen and oxygen atoms in total. The van der Waals surface area contributed by atoms with Gasteiger partial charge in [0.05, 0.1) is 6.54 Å². The molecule has 0 spiro atoms. The molecule has 28 heavy (non-hydrogen) atoms. The van der Waals surface area contributed by atoms with E-state index in [1.807, 2.05) is 30.3 Å². The zero-order chi connectivity index (χ0) is 19.0. The van der Waals surface area contributed by atoms with Crippen LogP contribution in [0.2, 0.25) is 6.32 Å². The van der Waals surface area contributed by atoms with Crippen molar-refractivity contribution in [2.24, 2.45) is 5.92 Å². The highest BCUT2D eigenvalue weighted by Crippen LogP contribution is 2.27. The van der Waals surface area contributed by atoms with Crippen LogP contribution in [0.5, 0.6) is 0 Å². The Hall–Kier alpha value is -1.36. The summed E-state index contributed by atoms with van der Waals surface area (Å²) in [4.78, 5) is 24.2. The molecule has 1 amide bonds. The summed E-state index contributed by atoms with van der Waals surface area (Å²) in [7, 11) is -1.40. The Balaban J connectivity index is 0.00000364. The molecule has 158 valence electrons. The molecule has 0 aliphatic carbocycles. The van der Waals surface area contributed by atoms with Gasteiger partial charge in [0.2, 0.25) is 5.91 Å². The second-order valence-corrected chi connectivity index (χ2v) is 6.65. The molecule has 2 atom stereocenters. The third kappa shape index (κ3) is 7.58. The van der Waals surface area contributed by atoms with Crippen molar-refractivity contribution in [3.63, 3.8) is 0 Å². The summed E-state index contributed by atoms with van der Waals surface area (Å²) in [6.45, 7) is 1.15. The number of amides is 1. The molecule has 0 bridgehead atoms. The molecule has 1 aliphatic rings. The van der Waals surface area contributed by atoms with Gasteiger partial charge in [0.1, 0.15) is 0 Å². The Labute approximate surface area is 177 Å². The van der Waals surface area contributed by atoms with E-state index in [4.69, 9.17) is 10.0 Å². The molecule has 0 unspecified atom stereocenters. The Morgan fingerprint density at radius 1 is 1.21 bits per heavy atom. The first kappa shape index (κ1) is 26.6. The van der Waals surface area contributed by atoms with E-state index in [-0.39, 0.29) is 56.0 Å². The van der Waals surface area contributed by atoms with Crippen molar-refractivity contribution in [2.45, 2.75) is 31.2 Å². The number of nitrogens with one attached hydrogen (secondary N) is 3. The van der Waals surface area contributed by atoms with Crippen molar-refractivity contribution < 1.29 is 24.7 Å². The number of carboxylic acids is 1. The number of hydrogen-bond donors (Lipinski definition) is 6. The van der Waals surface area contributed by atoms with Crippen LogP contribution in [0, 0.1) is 5.92 Å². The van der Waals surface area contributed by atoms with Crippen LogP contribution >= 0.6 is 24.8 Å². The van der Waals surface area contributed by atoms with Crippen LogP contribution in [0.3, 0.4) is 0 Å². The van der Waals surface area contributed by atoms with Gasteiger partial charge in [-0.25, -0.2) is 4.79 Å². The summed E-state index contributed by atoms with van der Waals surface area (Å²) in [6, 6.07) is 9.62. The van der Waals surface area contributed by atoms with E-state index in [1.165, 1.54) is 0 Å². The Morgan fingerprint density at radius 3 is 2.50 bits per heavy atom. The van der Waals surface area contributed by atoms with Crippen LogP contribution in [0.4, 0.5) is 0 Å². The molecule has 1 saturated heterocycles. The number of carbonyl (C=O) groups is 2. The highest BCUT2D eigenvalue weighted by atomic mass is 35.5. The second-order valence-electron chi connectivity index (χ2n) is 6.65. The fourth-order valence-corrected chi connectivity index (χ4v) is 3.32. The summed E-state index contributed by atoms with van der Waals surface area (Å²) in [6.07, 6.45) is 1.13. The highest BCUT2D eigenvalue weighted by molar-refractivity contribution is 6.40. The number of rotatable bonds is 10. The van der Waals surface area contributed by atoms with E-state index in [1.54, 1.807) is 0 Å². The van der Waals surface area contributed by atoms with Gasteiger partial charge in [0.15, 0.2) is 5.54 Å².